The maximum atomic E-state index is 13.0. The van der Waals surface area contributed by atoms with E-state index in [1.165, 1.54) is 4.90 Å². The van der Waals surface area contributed by atoms with Crippen LogP contribution >= 0.6 is 0 Å². The minimum atomic E-state index is -1.12. The molecule has 2 fully saturated rings. The van der Waals surface area contributed by atoms with Crippen molar-refractivity contribution in [3.8, 4) is 0 Å². The van der Waals surface area contributed by atoms with Gasteiger partial charge in [-0.2, -0.15) is 0 Å². The molecule has 0 saturated carbocycles. The second-order valence-electron chi connectivity index (χ2n) is 8.44. The number of hydrogen-bond acceptors (Lipinski definition) is 4. The number of carboxylic acid groups (broad SMARTS) is 1. The summed E-state index contributed by atoms with van der Waals surface area (Å²) in [7, 11) is 0. The predicted octanol–water partition coefficient (Wildman–Crippen LogP) is 1.76. The smallest absolute Gasteiger partial charge is 0.331 e. The first-order valence-corrected chi connectivity index (χ1v) is 11.2. The van der Waals surface area contributed by atoms with E-state index in [4.69, 9.17) is 0 Å². The summed E-state index contributed by atoms with van der Waals surface area (Å²) in [5.41, 5.74) is 1.40. The van der Waals surface area contributed by atoms with E-state index in [9.17, 15) is 24.3 Å². The van der Waals surface area contributed by atoms with Crippen LogP contribution in [0.2, 0.25) is 0 Å². The van der Waals surface area contributed by atoms with Gasteiger partial charge in [0.25, 0.3) is 0 Å². The fourth-order valence-corrected chi connectivity index (χ4v) is 4.66. The molecule has 33 heavy (non-hydrogen) atoms. The van der Waals surface area contributed by atoms with Crippen LogP contribution in [0.15, 0.2) is 60.7 Å². The number of rotatable bonds is 7. The Morgan fingerprint density at radius 1 is 0.970 bits per heavy atom. The Kier molecular flexibility index (Phi) is 6.72. The Labute approximate surface area is 192 Å². The van der Waals surface area contributed by atoms with E-state index < -0.39 is 30.0 Å². The van der Waals surface area contributed by atoms with Crippen molar-refractivity contribution in [2.45, 2.75) is 43.8 Å². The Morgan fingerprint density at radius 2 is 1.64 bits per heavy atom. The highest BCUT2D eigenvalue weighted by Gasteiger charge is 2.42. The maximum absolute atomic E-state index is 13.0. The van der Waals surface area contributed by atoms with Gasteiger partial charge in [-0.25, -0.2) is 4.79 Å². The Morgan fingerprint density at radius 3 is 2.30 bits per heavy atom. The van der Waals surface area contributed by atoms with E-state index in [1.54, 1.807) is 35.2 Å². The highest BCUT2D eigenvalue weighted by Crippen LogP contribution is 2.27. The number of likely N-dealkylation sites (tertiary alicyclic amines) is 2. The van der Waals surface area contributed by atoms with Gasteiger partial charge in [0.05, 0.1) is 6.42 Å². The number of carboxylic acids is 1. The van der Waals surface area contributed by atoms with Gasteiger partial charge in [-0.1, -0.05) is 60.7 Å². The Bertz CT molecular complexity index is 1030. The molecule has 2 aromatic carbocycles. The normalized spacial score (nSPS) is 21.2. The van der Waals surface area contributed by atoms with Crippen LogP contribution in [0, 0.1) is 0 Å². The van der Waals surface area contributed by atoms with Gasteiger partial charge in [0, 0.05) is 13.1 Å². The zero-order chi connectivity index (χ0) is 23.4. The van der Waals surface area contributed by atoms with Crippen LogP contribution in [0.4, 0.5) is 0 Å². The average Bonchev–Trinajstić information content (AvgIpc) is 3.44. The van der Waals surface area contributed by atoms with Crippen LogP contribution < -0.4 is 5.32 Å². The van der Waals surface area contributed by atoms with E-state index in [0.29, 0.717) is 24.9 Å². The molecule has 3 atom stereocenters. The van der Waals surface area contributed by atoms with Gasteiger partial charge >= 0.3 is 5.97 Å². The standard InChI is InChI=1S/C25H27N3O5/c29-21(16-17-8-3-1-4-9-17)27-14-7-12-20(27)23(30)26-19-13-15-28(24(19)31)22(25(32)33)18-10-5-2-6-11-18/h1-6,8-11,19-20,22H,7,12-16H2,(H,26,30)(H,32,33). The van der Waals surface area contributed by atoms with Crippen LogP contribution in [0.25, 0.3) is 0 Å². The summed E-state index contributed by atoms with van der Waals surface area (Å²) < 4.78 is 0. The maximum Gasteiger partial charge on any atom is 0.331 e. The third kappa shape index (κ3) is 4.89. The van der Waals surface area contributed by atoms with Gasteiger partial charge in [-0.3, -0.25) is 14.4 Å². The summed E-state index contributed by atoms with van der Waals surface area (Å²) in [5, 5.41) is 12.5. The number of hydrogen-bond donors (Lipinski definition) is 2. The van der Waals surface area contributed by atoms with Gasteiger partial charge in [0.15, 0.2) is 6.04 Å². The third-order valence-electron chi connectivity index (χ3n) is 6.29. The van der Waals surface area contributed by atoms with Crippen molar-refractivity contribution >= 4 is 23.7 Å². The van der Waals surface area contributed by atoms with Crippen molar-refractivity contribution in [1.29, 1.82) is 0 Å². The van der Waals surface area contributed by atoms with Gasteiger partial charge < -0.3 is 20.2 Å². The summed E-state index contributed by atoms with van der Waals surface area (Å²) in [6.45, 7) is 0.737. The number of nitrogens with one attached hydrogen (secondary N) is 1. The molecule has 0 bridgehead atoms. The first-order chi connectivity index (χ1) is 16.0. The Hall–Kier alpha value is -3.68. The van der Waals surface area contributed by atoms with Crippen molar-refractivity contribution in [1.82, 2.24) is 15.1 Å². The highest BCUT2D eigenvalue weighted by atomic mass is 16.4. The van der Waals surface area contributed by atoms with Crippen LogP contribution in [0.3, 0.4) is 0 Å². The molecule has 0 aliphatic carbocycles. The largest absolute Gasteiger partial charge is 0.479 e. The lowest BCUT2D eigenvalue weighted by atomic mass is 10.1. The molecule has 3 unspecified atom stereocenters. The van der Waals surface area contributed by atoms with Gasteiger partial charge in [-0.15, -0.1) is 0 Å². The average molecular weight is 450 g/mol. The number of nitrogens with zero attached hydrogens (tertiary/aromatic N) is 2. The summed E-state index contributed by atoms with van der Waals surface area (Å²) in [4.78, 5) is 53.6. The molecule has 3 amide bonds. The minimum absolute atomic E-state index is 0.117. The van der Waals surface area contributed by atoms with E-state index in [1.807, 2.05) is 30.3 Å². The van der Waals surface area contributed by atoms with E-state index in [0.717, 1.165) is 12.0 Å². The molecule has 8 heteroatoms. The van der Waals surface area contributed by atoms with Crippen molar-refractivity contribution < 1.29 is 24.3 Å². The number of benzene rings is 2. The minimum Gasteiger partial charge on any atom is -0.479 e. The first kappa shape index (κ1) is 22.5. The van der Waals surface area contributed by atoms with Gasteiger partial charge in [-0.05, 0) is 30.4 Å². The molecule has 2 heterocycles. The topological polar surface area (TPSA) is 107 Å². The lowest BCUT2D eigenvalue weighted by Gasteiger charge is -2.27. The molecule has 0 spiro atoms. The number of carbonyl (C=O) groups excluding carboxylic acids is 3. The van der Waals surface area contributed by atoms with Crippen molar-refractivity contribution in [2.24, 2.45) is 0 Å². The third-order valence-corrected chi connectivity index (χ3v) is 6.29. The van der Waals surface area contributed by atoms with Crippen molar-refractivity contribution in [2.75, 3.05) is 13.1 Å². The first-order valence-electron chi connectivity index (χ1n) is 11.2. The molecule has 2 aliphatic heterocycles. The summed E-state index contributed by atoms with van der Waals surface area (Å²) in [5.74, 6) is -2.01. The number of carbonyl (C=O) groups is 4. The lowest BCUT2D eigenvalue weighted by molar-refractivity contribution is -0.149. The van der Waals surface area contributed by atoms with Crippen LogP contribution in [0.5, 0.6) is 0 Å². The van der Waals surface area contributed by atoms with Gasteiger partial charge in [0.2, 0.25) is 17.7 Å². The van der Waals surface area contributed by atoms with Crippen LogP contribution in [-0.2, 0) is 25.6 Å². The molecule has 2 saturated heterocycles. The Balaban J connectivity index is 1.40. The fraction of sp³-hybridized carbons (Fsp3) is 0.360. The summed E-state index contributed by atoms with van der Waals surface area (Å²) in [6.07, 6.45) is 1.81. The molecule has 172 valence electrons. The number of amides is 3. The monoisotopic (exact) mass is 449 g/mol. The van der Waals surface area contributed by atoms with Crippen LogP contribution in [-0.4, -0.2) is 63.8 Å². The van der Waals surface area contributed by atoms with Crippen molar-refractivity contribution in [3.05, 3.63) is 71.8 Å². The molecular weight excluding hydrogens is 422 g/mol. The molecule has 0 radical (unpaired) electrons. The molecule has 2 aliphatic rings. The molecule has 0 aromatic heterocycles. The lowest BCUT2D eigenvalue weighted by Crippen LogP contribution is -2.51. The zero-order valence-electron chi connectivity index (χ0n) is 18.2. The molecule has 2 aromatic rings. The summed E-state index contributed by atoms with van der Waals surface area (Å²) in [6, 6.07) is 15.4. The number of aliphatic carboxylic acids is 1. The van der Waals surface area contributed by atoms with Crippen molar-refractivity contribution in [3.63, 3.8) is 0 Å². The molecule has 8 nitrogen and oxygen atoms in total. The van der Waals surface area contributed by atoms with E-state index in [2.05, 4.69) is 5.32 Å². The molecule has 4 rings (SSSR count). The molecule has 2 N–H and O–H groups in total. The second kappa shape index (κ2) is 9.85. The van der Waals surface area contributed by atoms with Crippen LogP contribution in [0.1, 0.15) is 36.4 Å². The van der Waals surface area contributed by atoms with E-state index in [-0.39, 0.29) is 24.8 Å². The fourth-order valence-electron chi connectivity index (χ4n) is 4.66. The molecular formula is C25H27N3O5. The zero-order valence-corrected chi connectivity index (χ0v) is 18.2. The second-order valence-corrected chi connectivity index (χ2v) is 8.44. The quantitative estimate of drug-likeness (QED) is 0.670. The van der Waals surface area contributed by atoms with E-state index >= 15 is 0 Å². The highest BCUT2D eigenvalue weighted by molar-refractivity contribution is 5.95. The predicted molar refractivity (Wildman–Crippen MR) is 120 cm³/mol. The SMILES string of the molecule is O=C(NC1CCN(C(C(=O)O)c2ccccc2)C1=O)C1CCCN1C(=O)Cc1ccccc1. The van der Waals surface area contributed by atoms with Gasteiger partial charge in [0.1, 0.15) is 12.1 Å². The summed E-state index contributed by atoms with van der Waals surface area (Å²) >= 11 is 0.